The highest BCUT2D eigenvalue weighted by atomic mass is 15.1. The molecule has 1 aromatic carbocycles. The number of nitrogens with zero attached hydrogens (tertiary/aromatic N) is 4. The molecule has 2 aromatic heterocycles. The third-order valence-corrected chi connectivity index (χ3v) is 4.82. The lowest BCUT2D eigenvalue weighted by molar-refractivity contribution is 0.657. The average Bonchev–Trinajstić information content (AvgIpc) is 3.16. The van der Waals surface area contributed by atoms with E-state index < -0.39 is 0 Å². The highest BCUT2D eigenvalue weighted by Gasteiger charge is 2.18. The van der Waals surface area contributed by atoms with Gasteiger partial charge in [0.25, 0.3) is 0 Å². The fourth-order valence-electron chi connectivity index (χ4n) is 3.49. The van der Waals surface area contributed by atoms with Crippen LogP contribution in [-0.2, 0) is 12.8 Å². The van der Waals surface area contributed by atoms with Crippen LogP contribution >= 0.6 is 0 Å². The van der Waals surface area contributed by atoms with Crippen LogP contribution in [0.5, 0.6) is 0 Å². The largest absolute Gasteiger partial charge is 0.363 e. The molecule has 0 amide bonds. The fourth-order valence-corrected chi connectivity index (χ4v) is 3.49. The van der Waals surface area contributed by atoms with Crippen LogP contribution in [0.4, 0.5) is 5.82 Å². The Hall–Kier alpha value is -2.69. The number of hydrogen-bond donors (Lipinski definition) is 1. The van der Waals surface area contributed by atoms with Crippen LogP contribution in [-0.4, -0.2) is 19.5 Å². The van der Waals surface area contributed by atoms with Crippen molar-refractivity contribution in [3.8, 4) is 5.69 Å². The molecule has 0 saturated carbocycles. The summed E-state index contributed by atoms with van der Waals surface area (Å²) in [5.74, 6) is 1.85. The molecule has 25 heavy (non-hydrogen) atoms. The van der Waals surface area contributed by atoms with Gasteiger partial charge in [-0.25, -0.2) is 15.0 Å². The maximum atomic E-state index is 4.69. The summed E-state index contributed by atoms with van der Waals surface area (Å²) in [7, 11) is 0. The van der Waals surface area contributed by atoms with Gasteiger partial charge in [-0.3, -0.25) is 0 Å². The van der Waals surface area contributed by atoms with E-state index in [2.05, 4.69) is 51.5 Å². The van der Waals surface area contributed by atoms with E-state index in [4.69, 9.17) is 0 Å². The number of imidazole rings is 1. The number of hydrogen-bond acceptors (Lipinski definition) is 4. The summed E-state index contributed by atoms with van der Waals surface area (Å²) in [5, 5.41) is 3.62. The predicted octanol–water partition coefficient (Wildman–Crippen LogP) is 4.02. The maximum Gasteiger partial charge on any atom is 0.133 e. The van der Waals surface area contributed by atoms with Crippen LogP contribution in [0.2, 0.25) is 0 Å². The molecular formula is C20H23N5. The molecule has 0 fully saturated rings. The second-order valence-corrected chi connectivity index (χ2v) is 6.68. The van der Waals surface area contributed by atoms with Crippen molar-refractivity contribution in [2.24, 2.45) is 0 Å². The smallest absolute Gasteiger partial charge is 0.133 e. The van der Waals surface area contributed by atoms with E-state index in [1.54, 1.807) is 6.20 Å². The van der Waals surface area contributed by atoms with Crippen LogP contribution in [0.15, 0.2) is 43.0 Å². The van der Waals surface area contributed by atoms with Gasteiger partial charge in [0.15, 0.2) is 0 Å². The lowest BCUT2D eigenvalue weighted by Crippen LogP contribution is -2.16. The van der Waals surface area contributed by atoms with E-state index in [1.165, 1.54) is 29.7 Å². The number of aryl methyl sites for hydroxylation is 2. The van der Waals surface area contributed by atoms with Crippen LogP contribution in [0, 0.1) is 6.92 Å². The third kappa shape index (κ3) is 3.27. The topological polar surface area (TPSA) is 55.6 Å². The Kier molecular flexibility index (Phi) is 4.22. The van der Waals surface area contributed by atoms with Crippen LogP contribution in [0.25, 0.3) is 5.69 Å². The number of rotatable bonds is 4. The Morgan fingerprint density at radius 3 is 2.88 bits per heavy atom. The quantitative estimate of drug-likeness (QED) is 0.783. The van der Waals surface area contributed by atoms with Gasteiger partial charge in [-0.2, -0.15) is 0 Å². The molecule has 1 aliphatic rings. The van der Waals surface area contributed by atoms with Gasteiger partial charge in [-0.05, 0) is 57.2 Å². The Morgan fingerprint density at radius 1 is 1.16 bits per heavy atom. The van der Waals surface area contributed by atoms with Gasteiger partial charge in [-0.15, -0.1) is 0 Å². The standard InChI is InChI=1S/C20H23N5/c1-14(16-6-5-7-17(12-16)25-11-10-21-13-25)22-20-18-8-3-4-9-19(18)23-15(2)24-20/h5-7,10-14H,3-4,8-9H2,1-2H3,(H,22,23,24). The van der Waals surface area contributed by atoms with Gasteiger partial charge in [0, 0.05) is 29.3 Å². The Labute approximate surface area is 148 Å². The molecule has 0 radical (unpaired) electrons. The first-order valence-electron chi connectivity index (χ1n) is 8.92. The van der Waals surface area contributed by atoms with Gasteiger partial charge in [-0.1, -0.05) is 12.1 Å². The van der Waals surface area contributed by atoms with Gasteiger partial charge in [0.05, 0.1) is 12.4 Å². The van der Waals surface area contributed by atoms with E-state index in [-0.39, 0.29) is 6.04 Å². The number of nitrogens with one attached hydrogen (secondary N) is 1. The van der Waals surface area contributed by atoms with Crippen molar-refractivity contribution >= 4 is 5.82 Å². The second-order valence-electron chi connectivity index (χ2n) is 6.68. The fraction of sp³-hybridized carbons (Fsp3) is 0.350. The molecule has 1 aliphatic carbocycles. The number of anilines is 1. The van der Waals surface area contributed by atoms with Crippen LogP contribution in [0.3, 0.4) is 0 Å². The molecule has 0 aliphatic heterocycles. The van der Waals surface area contributed by atoms with E-state index in [9.17, 15) is 0 Å². The van der Waals surface area contributed by atoms with Crippen molar-refractivity contribution in [1.82, 2.24) is 19.5 Å². The van der Waals surface area contributed by atoms with Crippen molar-refractivity contribution in [3.63, 3.8) is 0 Å². The third-order valence-electron chi connectivity index (χ3n) is 4.82. The molecule has 0 bridgehead atoms. The average molecular weight is 333 g/mol. The zero-order chi connectivity index (χ0) is 17.2. The Balaban J connectivity index is 1.62. The van der Waals surface area contributed by atoms with Crippen molar-refractivity contribution in [1.29, 1.82) is 0 Å². The minimum atomic E-state index is 0.170. The normalized spacial score (nSPS) is 14.8. The monoisotopic (exact) mass is 333 g/mol. The van der Waals surface area contributed by atoms with E-state index in [0.717, 1.165) is 30.2 Å². The first-order chi connectivity index (χ1) is 12.2. The molecule has 1 unspecified atom stereocenters. The number of fused-ring (bicyclic) bond motifs is 1. The molecule has 0 saturated heterocycles. The Morgan fingerprint density at radius 2 is 2.04 bits per heavy atom. The minimum Gasteiger partial charge on any atom is -0.363 e. The summed E-state index contributed by atoms with van der Waals surface area (Å²) in [6, 6.07) is 8.69. The minimum absolute atomic E-state index is 0.170. The van der Waals surface area contributed by atoms with E-state index >= 15 is 0 Å². The number of aromatic nitrogens is 4. The highest BCUT2D eigenvalue weighted by molar-refractivity contribution is 5.50. The second kappa shape index (κ2) is 6.67. The van der Waals surface area contributed by atoms with Crippen molar-refractivity contribution < 1.29 is 0 Å². The molecule has 5 heteroatoms. The van der Waals surface area contributed by atoms with Crippen LogP contribution in [0.1, 0.15) is 48.5 Å². The molecule has 3 aromatic rings. The van der Waals surface area contributed by atoms with Gasteiger partial charge >= 0.3 is 0 Å². The molecule has 0 spiro atoms. The summed E-state index contributed by atoms with van der Waals surface area (Å²) in [4.78, 5) is 13.5. The number of benzene rings is 1. The van der Waals surface area contributed by atoms with Gasteiger partial charge in [0.1, 0.15) is 11.6 Å². The van der Waals surface area contributed by atoms with E-state index in [1.807, 2.05) is 24.0 Å². The molecular weight excluding hydrogens is 310 g/mol. The molecule has 5 nitrogen and oxygen atoms in total. The predicted molar refractivity (Wildman–Crippen MR) is 99.0 cm³/mol. The highest BCUT2D eigenvalue weighted by Crippen LogP contribution is 2.28. The summed E-state index contributed by atoms with van der Waals surface area (Å²) < 4.78 is 2.02. The maximum absolute atomic E-state index is 4.69. The van der Waals surface area contributed by atoms with Crippen molar-refractivity contribution in [2.75, 3.05) is 5.32 Å². The first-order valence-corrected chi connectivity index (χ1v) is 8.92. The molecule has 1 N–H and O–H groups in total. The Bertz CT molecular complexity index is 870. The van der Waals surface area contributed by atoms with Crippen LogP contribution < -0.4 is 5.32 Å². The van der Waals surface area contributed by atoms with Crippen molar-refractivity contribution in [2.45, 2.75) is 45.6 Å². The van der Waals surface area contributed by atoms with Gasteiger partial charge < -0.3 is 9.88 Å². The molecule has 128 valence electrons. The lowest BCUT2D eigenvalue weighted by Gasteiger charge is -2.22. The summed E-state index contributed by atoms with van der Waals surface area (Å²) in [6.07, 6.45) is 10.2. The summed E-state index contributed by atoms with van der Waals surface area (Å²) in [5.41, 5.74) is 4.87. The zero-order valence-corrected chi connectivity index (χ0v) is 14.7. The molecule has 1 atom stereocenters. The summed E-state index contributed by atoms with van der Waals surface area (Å²) in [6.45, 7) is 4.16. The molecule has 4 rings (SSSR count). The lowest BCUT2D eigenvalue weighted by atomic mass is 9.96. The van der Waals surface area contributed by atoms with Crippen molar-refractivity contribution in [3.05, 3.63) is 65.6 Å². The van der Waals surface area contributed by atoms with E-state index in [0.29, 0.717) is 0 Å². The molecule has 2 heterocycles. The SMILES string of the molecule is Cc1nc2c(c(NC(C)c3cccc(-n4ccnc4)c3)n1)CCCC2. The zero-order valence-electron chi connectivity index (χ0n) is 14.7. The summed E-state index contributed by atoms with van der Waals surface area (Å²) >= 11 is 0. The first kappa shape index (κ1) is 15.8. The van der Waals surface area contributed by atoms with Gasteiger partial charge in [0.2, 0.25) is 0 Å².